The van der Waals surface area contributed by atoms with Crippen LogP contribution in [-0.4, -0.2) is 20.7 Å². The van der Waals surface area contributed by atoms with Crippen molar-refractivity contribution in [2.75, 3.05) is 0 Å². The molecule has 1 unspecified atom stereocenters. The number of carbonyl (C=O) groups excluding carboxylic acids is 1. The zero-order valence-electron chi connectivity index (χ0n) is 13.1. The molecule has 3 rings (SSSR count). The van der Waals surface area contributed by atoms with E-state index in [1.165, 1.54) is 0 Å². The Labute approximate surface area is 135 Å². The monoisotopic (exact) mass is 309 g/mol. The van der Waals surface area contributed by atoms with Gasteiger partial charge in [-0.1, -0.05) is 12.1 Å². The Morgan fingerprint density at radius 2 is 2.17 bits per heavy atom. The van der Waals surface area contributed by atoms with E-state index >= 15 is 0 Å². The fourth-order valence-electron chi connectivity index (χ4n) is 2.88. The van der Waals surface area contributed by atoms with E-state index in [2.05, 4.69) is 26.2 Å². The molecular weight excluding hydrogens is 290 g/mol. The SMILES string of the molecule is CC(NC(=O)CCc1ccc(C#N)cc1)c1nnc2n1CCC2. The second-order valence-corrected chi connectivity index (χ2v) is 5.83. The summed E-state index contributed by atoms with van der Waals surface area (Å²) < 4.78 is 2.10. The molecule has 1 aromatic carbocycles. The summed E-state index contributed by atoms with van der Waals surface area (Å²) in [6.07, 6.45) is 3.13. The van der Waals surface area contributed by atoms with Gasteiger partial charge in [0.25, 0.3) is 0 Å². The van der Waals surface area contributed by atoms with Crippen LogP contribution >= 0.6 is 0 Å². The summed E-state index contributed by atoms with van der Waals surface area (Å²) in [6, 6.07) is 9.28. The Balaban J connectivity index is 1.53. The van der Waals surface area contributed by atoms with Crippen molar-refractivity contribution in [2.45, 2.75) is 45.2 Å². The van der Waals surface area contributed by atoms with Gasteiger partial charge < -0.3 is 9.88 Å². The number of aromatic nitrogens is 3. The number of amides is 1. The van der Waals surface area contributed by atoms with Gasteiger partial charge in [0, 0.05) is 19.4 Å². The van der Waals surface area contributed by atoms with Crippen molar-refractivity contribution in [1.82, 2.24) is 20.1 Å². The fourth-order valence-corrected chi connectivity index (χ4v) is 2.88. The largest absolute Gasteiger partial charge is 0.346 e. The van der Waals surface area contributed by atoms with Crippen LogP contribution in [0.1, 0.15) is 48.6 Å². The van der Waals surface area contributed by atoms with Gasteiger partial charge in [-0.3, -0.25) is 4.79 Å². The van der Waals surface area contributed by atoms with Crippen LogP contribution in [0.2, 0.25) is 0 Å². The van der Waals surface area contributed by atoms with E-state index in [-0.39, 0.29) is 11.9 Å². The van der Waals surface area contributed by atoms with Gasteiger partial charge in [0.05, 0.1) is 17.7 Å². The van der Waals surface area contributed by atoms with E-state index in [0.29, 0.717) is 18.4 Å². The molecule has 6 nitrogen and oxygen atoms in total. The molecule has 2 heterocycles. The molecule has 0 radical (unpaired) electrons. The van der Waals surface area contributed by atoms with E-state index in [1.54, 1.807) is 12.1 Å². The molecule has 6 heteroatoms. The van der Waals surface area contributed by atoms with Crippen molar-refractivity contribution in [1.29, 1.82) is 5.26 Å². The molecule has 1 N–H and O–H groups in total. The van der Waals surface area contributed by atoms with E-state index in [9.17, 15) is 4.79 Å². The third kappa shape index (κ3) is 3.39. The molecule has 1 amide bonds. The summed E-state index contributed by atoms with van der Waals surface area (Å²) in [7, 11) is 0. The number of carbonyl (C=O) groups is 1. The van der Waals surface area contributed by atoms with Gasteiger partial charge in [0.1, 0.15) is 5.82 Å². The minimum absolute atomic E-state index is 0.00259. The van der Waals surface area contributed by atoms with Crippen LogP contribution in [0.3, 0.4) is 0 Å². The lowest BCUT2D eigenvalue weighted by atomic mass is 10.1. The maximum Gasteiger partial charge on any atom is 0.220 e. The summed E-state index contributed by atoms with van der Waals surface area (Å²) in [5.41, 5.74) is 1.68. The first-order valence-electron chi connectivity index (χ1n) is 7.88. The molecule has 1 atom stereocenters. The Morgan fingerprint density at radius 3 is 2.91 bits per heavy atom. The highest BCUT2D eigenvalue weighted by Gasteiger charge is 2.22. The van der Waals surface area contributed by atoms with Crippen LogP contribution in [0.4, 0.5) is 0 Å². The number of benzene rings is 1. The fraction of sp³-hybridized carbons (Fsp3) is 0.412. The second kappa shape index (κ2) is 6.61. The topological polar surface area (TPSA) is 83.6 Å². The Hall–Kier alpha value is -2.68. The minimum atomic E-state index is -0.136. The van der Waals surface area contributed by atoms with Crippen molar-refractivity contribution in [3.05, 3.63) is 47.0 Å². The van der Waals surface area contributed by atoms with E-state index in [4.69, 9.17) is 5.26 Å². The molecule has 23 heavy (non-hydrogen) atoms. The maximum absolute atomic E-state index is 12.1. The van der Waals surface area contributed by atoms with Gasteiger partial charge in [0.15, 0.2) is 5.82 Å². The van der Waals surface area contributed by atoms with E-state index in [1.807, 2.05) is 19.1 Å². The molecular formula is C17H19N5O. The zero-order valence-corrected chi connectivity index (χ0v) is 13.1. The van der Waals surface area contributed by atoms with Crippen LogP contribution in [0, 0.1) is 11.3 Å². The molecule has 1 aliphatic rings. The van der Waals surface area contributed by atoms with Crippen LogP contribution in [0.15, 0.2) is 24.3 Å². The average molecular weight is 309 g/mol. The van der Waals surface area contributed by atoms with Crippen molar-refractivity contribution in [3.8, 4) is 6.07 Å². The minimum Gasteiger partial charge on any atom is -0.346 e. The predicted molar refractivity (Wildman–Crippen MR) is 84.4 cm³/mol. The van der Waals surface area contributed by atoms with Crippen molar-refractivity contribution in [2.24, 2.45) is 0 Å². The lowest BCUT2D eigenvalue weighted by Crippen LogP contribution is -2.28. The second-order valence-electron chi connectivity index (χ2n) is 5.83. The Morgan fingerprint density at radius 1 is 1.39 bits per heavy atom. The molecule has 0 fully saturated rings. The molecule has 0 saturated heterocycles. The number of nitriles is 1. The van der Waals surface area contributed by atoms with Crippen LogP contribution in [0.25, 0.3) is 0 Å². The number of hydrogen-bond donors (Lipinski definition) is 1. The standard InChI is InChI=1S/C17H19N5O/c1-12(17-21-20-15-3-2-10-22(15)17)19-16(23)9-8-13-4-6-14(11-18)7-5-13/h4-7,12H,2-3,8-10H2,1H3,(H,19,23). The van der Waals surface area contributed by atoms with Crippen LogP contribution in [0.5, 0.6) is 0 Å². The van der Waals surface area contributed by atoms with Gasteiger partial charge >= 0.3 is 0 Å². The van der Waals surface area contributed by atoms with Gasteiger partial charge in [-0.25, -0.2) is 0 Å². The lowest BCUT2D eigenvalue weighted by Gasteiger charge is -2.14. The van der Waals surface area contributed by atoms with Crippen LogP contribution < -0.4 is 5.32 Å². The van der Waals surface area contributed by atoms with Gasteiger partial charge in [-0.2, -0.15) is 5.26 Å². The van der Waals surface area contributed by atoms with Gasteiger partial charge in [0.2, 0.25) is 5.91 Å². The number of nitrogens with one attached hydrogen (secondary N) is 1. The average Bonchev–Trinajstić information content (AvgIpc) is 3.16. The summed E-state index contributed by atoms with van der Waals surface area (Å²) in [4.78, 5) is 12.1. The van der Waals surface area contributed by atoms with Gasteiger partial charge in [-0.15, -0.1) is 10.2 Å². The van der Waals surface area contributed by atoms with Crippen molar-refractivity contribution >= 4 is 5.91 Å². The molecule has 0 spiro atoms. The Kier molecular flexibility index (Phi) is 4.38. The first kappa shape index (κ1) is 15.2. The lowest BCUT2D eigenvalue weighted by molar-refractivity contribution is -0.121. The number of hydrogen-bond acceptors (Lipinski definition) is 4. The number of nitrogens with zero attached hydrogens (tertiary/aromatic N) is 4. The normalized spacial score (nSPS) is 14.1. The maximum atomic E-state index is 12.1. The first-order chi connectivity index (χ1) is 11.2. The molecule has 118 valence electrons. The molecule has 1 aromatic heterocycles. The highest BCUT2D eigenvalue weighted by atomic mass is 16.1. The smallest absolute Gasteiger partial charge is 0.220 e. The van der Waals surface area contributed by atoms with Crippen molar-refractivity contribution in [3.63, 3.8) is 0 Å². The number of aryl methyl sites for hydroxylation is 2. The van der Waals surface area contributed by atoms with E-state index < -0.39 is 0 Å². The third-order valence-electron chi connectivity index (χ3n) is 4.13. The highest BCUT2D eigenvalue weighted by Crippen LogP contribution is 2.19. The van der Waals surface area contributed by atoms with Crippen molar-refractivity contribution < 1.29 is 4.79 Å². The molecule has 1 aliphatic heterocycles. The first-order valence-corrected chi connectivity index (χ1v) is 7.88. The third-order valence-corrected chi connectivity index (χ3v) is 4.13. The summed E-state index contributed by atoms with van der Waals surface area (Å²) in [5.74, 6) is 1.85. The molecule has 0 saturated carbocycles. The zero-order chi connectivity index (χ0) is 16.2. The quantitative estimate of drug-likeness (QED) is 0.914. The highest BCUT2D eigenvalue weighted by molar-refractivity contribution is 5.76. The Bertz CT molecular complexity index is 741. The summed E-state index contributed by atoms with van der Waals surface area (Å²) in [6.45, 7) is 2.87. The summed E-state index contributed by atoms with van der Waals surface area (Å²) in [5, 5.41) is 20.1. The molecule has 0 aliphatic carbocycles. The molecule has 0 bridgehead atoms. The van der Waals surface area contributed by atoms with Crippen LogP contribution in [-0.2, 0) is 24.2 Å². The van der Waals surface area contributed by atoms with Gasteiger partial charge in [-0.05, 0) is 37.5 Å². The summed E-state index contributed by atoms with van der Waals surface area (Å²) >= 11 is 0. The number of rotatable bonds is 5. The molecule has 2 aromatic rings. The predicted octanol–water partition coefficient (Wildman–Crippen LogP) is 1.91. The van der Waals surface area contributed by atoms with E-state index in [0.717, 1.165) is 36.6 Å². The number of fused-ring (bicyclic) bond motifs is 1.